The standard InChI is InChI=1S/C20H18Te2/c1-4-10-17(11-5-1)16-20(21-18-12-6-2-7-13-18)22-19-14-8-3-9-15-19/h1-15,20H,16H2. The van der Waals surface area contributed by atoms with Gasteiger partial charge in [-0.25, -0.2) is 0 Å². The molecule has 0 saturated heterocycles. The van der Waals surface area contributed by atoms with E-state index in [1.165, 1.54) is 12.0 Å². The summed E-state index contributed by atoms with van der Waals surface area (Å²) >= 11 is -0.273. The average molecular weight is 514 g/mol. The predicted molar refractivity (Wildman–Crippen MR) is 97.6 cm³/mol. The molecule has 0 saturated carbocycles. The van der Waals surface area contributed by atoms with E-state index in [1.807, 2.05) is 0 Å². The van der Waals surface area contributed by atoms with Gasteiger partial charge in [0, 0.05) is 0 Å². The molecule has 0 aliphatic rings. The Morgan fingerprint density at radius 1 is 0.545 bits per heavy atom. The van der Waals surface area contributed by atoms with Crippen molar-refractivity contribution in [3.8, 4) is 0 Å². The minimum atomic E-state index is -0.137. The number of rotatable bonds is 6. The van der Waals surface area contributed by atoms with Crippen LogP contribution in [0.3, 0.4) is 0 Å². The zero-order valence-corrected chi connectivity index (χ0v) is 16.9. The Labute approximate surface area is 153 Å². The number of hydrogen-bond acceptors (Lipinski definition) is 0. The number of hydrogen-bond donors (Lipinski definition) is 0. The van der Waals surface area contributed by atoms with Crippen molar-refractivity contribution in [2.75, 3.05) is 0 Å². The zero-order chi connectivity index (χ0) is 15.0. The van der Waals surface area contributed by atoms with Gasteiger partial charge in [-0.3, -0.25) is 0 Å². The molecular formula is C20H18Te2. The molecule has 2 heteroatoms. The maximum absolute atomic E-state index is 2.32. The summed E-state index contributed by atoms with van der Waals surface area (Å²) in [7, 11) is 0. The molecule has 3 rings (SSSR count). The van der Waals surface area contributed by atoms with Crippen LogP contribution in [0.4, 0.5) is 0 Å². The van der Waals surface area contributed by atoms with Gasteiger partial charge in [-0.15, -0.1) is 0 Å². The van der Waals surface area contributed by atoms with Gasteiger partial charge in [0.15, 0.2) is 0 Å². The first-order valence-electron chi connectivity index (χ1n) is 7.37. The molecule has 0 aliphatic heterocycles. The summed E-state index contributed by atoms with van der Waals surface area (Å²) in [5.41, 5.74) is 1.49. The second kappa shape index (κ2) is 8.76. The summed E-state index contributed by atoms with van der Waals surface area (Å²) in [6.45, 7) is 0. The van der Waals surface area contributed by atoms with Crippen LogP contribution in [-0.4, -0.2) is 41.8 Å². The van der Waals surface area contributed by atoms with Gasteiger partial charge < -0.3 is 0 Å². The number of benzene rings is 3. The molecule has 0 nitrogen and oxygen atoms in total. The van der Waals surface area contributed by atoms with Crippen molar-refractivity contribution in [3.63, 3.8) is 0 Å². The molecule has 22 heavy (non-hydrogen) atoms. The van der Waals surface area contributed by atoms with Gasteiger partial charge in [-0.05, 0) is 0 Å². The Morgan fingerprint density at radius 2 is 0.955 bits per heavy atom. The third kappa shape index (κ3) is 5.15. The van der Waals surface area contributed by atoms with Crippen LogP contribution in [0.25, 0.3) is 0 Å². The van der Waals surface area contributed by atoms with Crippen LogP contribution in [0.15, 0.2) is 91.0 Å². The third-order valence-electron chi connectivity index (χ3n) is 3.27. The van der Waals surface area contributed by atoms with E-state index in [9.17, 15) is 0 Å². The molecule has 0 atom stereocenters. The zero-order valence-electron chi connectivity index (χ0n) is 12.3. The summed E-state index contributed by atoms with van der Waals surface area (Å²) in [5, 5.41) is 0. The van der Waals surface area contributed by atoms with Gasteiger partial charge in [0.25, 0.3) is 0 Å². The Morgan fingerprint density at radius 3 is 1.41 bits per heavy atom. The van der Waals surface area contributed by atoms with E-state index in [0.29, 0.717) is 0 Å². The van der Waals surface area contributed by atoms with E-state index in [0.717, 1.165) is 2.01 Å². The van der Waals surface area contributed by atoms with Crippen LogP contribution in [0, 0.1) is 0 Å². The molecule has 0 bridgehead atoms. The summed E-state index contributed by atoms with van der Waals surface area (Å²) in [6, 6.07) is 33.3. The Kier molecular flexibility index (Phi) is 6.42. The molecule has 0 fully saturated rings. The molecule has 110 valence electrons. The molecule has 0 aromatic heterocycles. The third-order valence-corrected chi connectivity index (χ3v) is 12.5. The fourth-order valence-corrected chi connectivity index (χ4v) is 12.6. The first-order valence-corrected chi connectivity index (χ1v) is 12.4. The van der Waals surface area contributed by atoms with Crippen LogP contribution >= 0.6 is 0 Å². The van der Waals surface area contributed by atoms with E-state index in [-0.39, 0.29) is 41.8 Å². The quantitative estimate of drug-likeness (QED) is 0.445. The molecule has 0 heterocycles. The van der Waals surface area contributed by atoms with E-state index in [2.05, 4.69) is 91.0 Å². The Hall–Kier alpha value is -0.761. The molecular weight excluding hydrogens is 495 g/mol. The molecule has 0 aliphatic carbocycles. The van der Waals surface area contributed by atoms with Crippen LogP contribution in [0.5, 0.6) is 0 Å². The van der Waals surface area contributed by atoms with Gasteiger partial charge in [0.1, 0.15) is 0 Å². The summed E-state index contributed by atoms with van der Waals surface area (Å²) in [4.78, 5) is 0. The minimum absolute atomic E-state index is 0.137. The fourth-order valence-electron chi connectivity index (χ4n) is 2.22. The van der Waals surface area contributed by atoms with Crippen molar-refractivity contribution >= 4 is 49.1 Å². The van der Waals surface area contributed by atoms with Crippen molar-refractivity contribution < 1.29 is 0 Å². The molecule has 0 unspecified atom stereocenters. The maximum atomic E-state index is 2.32. The summed E-state index contributed by atoms with van der Waals surface area (Å²) < 4.78 is 4.08. The second-order valence-corrected chi connectivity index (χ2v) is 15.2. The van der Waals surface area contributed by atoms with Crippen LogP contribution in [-0.2, 0) is 6.42 Å². The van der Waals surface area contributed by atoms with Gasteiger partial charge in [-0.2, -0.15) is 0 Å². The molecule has 0 N–H and O–H groups in total. The van der Waals surface area contributed by atoms with E-state index >= 15 is 0 Å². The van der Waals surface area contributed by atoms with Crippen molar-refractivity contribution in [1.29, 1.82) is 0 Å². The first-order chi connectivity index (χ1) is 10.9. The van der Waals surface area contributed by atoms with Crippen molar-refractivity contribution in [2.24, 2.45) is 0 Å². The van der Waals surface area contributed by atoms with E-state index < -0.39 is 0 Å². The van der Waals surface area contributed by atoms with Gasteiger partial charge in [-0.1, -0.05) is 0 Å². The van der Waals surface area contributed by atoms with Crippen LogP contribution in [0.1, 0.15) is 5.56 Å². The Balaban J connectivity index is 1.75. The van der Waals surface area contributed by atoms with Gasteiger partial charge in [0.2, 0.25) is 0 Å². The molecule has 3 aromatic rings. The van der Waals surface area contributed by atoms with Crippen molar-refractivity contribution in [1.82, 2.24) is 0 Å². The monoisotopic (exact) mass is 518 g/mol. The van der Waals surface area contributed by atoms with E-state index in [1.54, 1.807) is 7.22 Å². The van der Waals surface area contributed by atoms with Gasteiger partial charge >= 0.3 is 154 Å². The molecule has 0 amide bonds. The molecule has 0 radical (unpaired) electrons. The molecule has 3 aromatic carbocycles. The van der Waals surface area contributed by atoms with E-state index in [4.69, 9.17) is 0 Å². The fraction of sp³-hybridized carbons (Fsp3) is 0.100. The normalized spacial score (nSPS) is 10.8. The van der Waals surface area contributed by atoms with Crippen molar-refractivity contribution in [3.05, 3.63) is 96.6 Å². The first kappa shape index (κ1) is 16.1. The summed E-state index contributed by atoms with van der Waals surface area (Å²) in [5.74, 6) is 0. The Bertz CT molecular complexity index is 567. The van der Waals surface area contributed by atoms with Crippen LogP contribution in [0.2, 0.25) is 2.01 Å². The van der Waals surface area contributed by atoms with Crippen LogP contribution < -0.4 is 7.22 Å². The predicted octanol–water partition coefficient (Wildman–Crippen LogP) is 3.03. The topological polar surface area (TPSA) is 0 Å². The summed E-state index contributed by atoms with van der Waals surface area (Å²) in [6.07, 6.45) is 1.25. The SMILES string of the molecule is c1ccc(CC([Te]c2ccccc2)[Te]c2ccccc2)cc1. The average Bonchev–Trinajstić information content (AvgIpc) is 2.57. The second-order valence-electron chi connectivity index (χ2n) is 4.98. The molecule has 0 spiro atoms. The van der Waals surface area contributed by atoms with Gasteiger partial charge in [0.05, 0.1) is 0 Å². The van der Waals surface area contributed by atoms with Crippen molar-refractivity contribution in [2.45, 2.75) is 8.43 Å².